The van der Waals surface area contributed by atoms with E-state index in [1.165, 1.54) is 18.2 Å². The molecule has 0 aliphatic heterocycles. The first-order valence-corrected chi connectivity index (χ1v) is 10.6. The maximum atomic E-state index is 12.7. The van der Waals surface area contributed by atoms with Crippen molar-refractivity contribution in [3.8, 4) is 0 Å². The fourth-order valence-electron chi connectivity index (χ4n) is 2.35. The molecule has 0 fully saturated rings. The molecule has 30 heavy (non-hydrogen) atoms. The van der Waals surface area contributed by atoms with Crippen LogP contribution >= 0.6 is 11.6 Å². The second-order valence-electron chi connectivity index (χ2n) is 6.09. The molecule has 3 aromatic rings. The molecule has 0 aliphatic carbocycles. The van der Waals surface area contributed by atoms with E-state index in [4.69, 9.17) is 16.7 Å². The van der Waals surface area contributed by atoms with E-state index in [0.29, 0.717) is 11.4 Å². The average Bonchev–Trinajstić information content (AvgIpc) is 2.72. The van der Waals surface area contributed by atoms with Crippen LogP contribution in [-0.2, 0) is 10.0 Å². The third-order valence-electron chi connectivity index (χ3n) is 3.76. The van der Waals surface area contributed by atoms with Crippen molar-refractivity contribution in [2.45, 2.75) is 11.0 Å². The van der Waals surface area contributed by atoms with Gasteiger partial charge in [-0.15, -0.1) is 0 Å². The van der Waals surface area contributed by atoms with Crippen molar-refractivity contribution in [2.24, 2.45) is 0 Å². The molecule has 0 spiro atoms. The van der Waals surface area contributed by atoms with Crippen LogP contribution in [0.15, 0.2) is 59.5 Å². The molecule has 10 nitrogen and oxygen atoms in total. The molecule has 0 aliphatic rings. The van der Waals surface area contributed by atoms with Gasteiger partial charge in [-0.25, -0.2) is 13.1 Å². The molecule has 158 valence electrons. The summed E-state index contributed by atoms with van der Waals surface area (Å²) < 4.78 is 27.7. The molecule has 1 unspecified atom stereocenters. The van der Waals surface area contributed by atoms with Crippen LogP contribution in [0, 0.1) is 0 Å². The van der Waals surface area contributed by atoms with Crippen molar-refractivity contribution >= 4 is 44.9 Å². The van der Waals surface area contributed by atoms with Crippen LogP contribution in [0.5, 0.6) is 0 Å². The number of rotatable bonds is 9. The number of benzene rings is 2. The number of hydrogen-bond donors (Lipinski definition) is 5. The summed E-state index contributed by atoms with van der Waals surface area (Å²) in [4.78, 5) is 11.7. The van der Waals surface area contributed by atoms with Gasteiger partial charge in [-0.2, -0.15) is 15.0 Å². The van der Waals surface area contributed by atoms with E-state index in [0.717, 1.165) is 0 Å². The zero-order chi connectivity index (χ0) is 21.6. The Labute approximate surface area is 178 Å². The van der Waals surface area contributed by atoms with Crippen molar-refractivity contribution in [2.75, 3.05) is 28.5 Å². The Morgan fingerprint density at radius 1 is 0.967 bits per heavy atom. The van der Waals surface area contributed by atoms with Crippen LogP contribution in [0.1, 0.15) is 0 Å². The van der Waals surface area contributed by atoms with Crippen LogP contribution < -0.4 is 15.4 Å². The first kappa shape index (κ1) is 21.7. The number of aliphatic hydroxyl groups excluding tert-OH is 2. The van der Waals surface area contributed by atoms with Gasteiger partial charge < -0.3 is 20.8 Å². The summed E-state index contributed by atoms with van der Waals surface area (Å²) in [7, 11) is -4.03. The van der Waals surface area contributed by atoms with E-state index in [1.807, 2.05) is 18.2 Å². The Hall–Kier alpha value is -2.99. The van der Waals surface area contributed by atoms with Crippen molar-refractivity contribution in [1.29, 1.82) is 0 Å². The third kappa shape index (κ3) is 6.00. The van der Waals surface area contributed by atoms with Gasteiger partial charge in [0.05, 0.1) is 17.6 Å². The Balaban J connectivity index is 1.78. The first-order valence-electron chi connectivity index (χ1n) is 8.75. The summed E-state index contributed by atoms with van der Waals surface area (Å²) in [6.07, 6.45) is -0.966. The SMILES string of the molecule is O=S(=O)(Nc1nc(Cl)nc(Nc2ccccc2)n1)c1cccc(NCC(O)CO)c1. The Morgan fingerprint density at radius 3 is 2.40 bits per heavy atom. The van der Waals surface area contributed by atoms with E-state index in [9.17, 15) is 13.5 Å². The number of nitrogens with zero attached hydrogens (tertiary/aromatic N) is 3. The molecule has 1 atom stereocenters. The number of nitrogens with one attached hydrogen (secondary N) is 3. The molecule has 0 amide bonds. The number of anilines is 4. The second-order valence-corrected chi connectivity index (χ2v) is 8.11. The van der Waals surface area contributed by atoms with Gasteiger partial charge >= 0.3 is 0 Å². The summed E-state index contributed by atoms with van der Waals surface area (Å²) >= 11 is 5.91. The number of para-hydroxylation sites is 1. The fourth-order valence-corrected chi connectivity index (χ4v) is 3.50. The lowest BCUT2D eigenvalue weighted by Gasteiger charge is -2.12. The van der Waals surface area contributed by atoms with E-state index >= 15 is 0 Å². The number of hydrogen-bond acceptors (Lipinski definition) is 9. The minimum Gasteiger partial charge on any atom is -0.394 e. The predicted molar refractivity (Wildman–Crippen MR) is 113 cm³/mol. The molecular formula is C18H19ClN6O4S. The predicted octanol–water partition coefficient (Wildman–Crippen LogP) is 1.83. The highest BCUT2D eigenvalue weighted by Gasteiger charge is 2.18. The Morgan fingerprint density at radius 2 is 1.67 bits per heavy atom. The highest BCUT2D eigenvalue weighted by atomic mass is 35.5. The lowest BCUT2D eigenvalue weighted by Crippen LogP contribution is -2.23. The lowest BCUT2D eigenvalue weighted by atomic mass is 10.3. The lowest BCUT2D eigenvalue weighted by molar-refractivity contribution is 0.105. The highest BCUT2D eigenvalue weighted by molar-refractivity contribution is 7.92. The van der Waals surface area contributed by atoms with Gasteiger partial charge in [-0.1, -0.05) is 24.3 Å². The van der Waals surface area contributed by atoms with E-state index in [1.54, 1.807) is 18.2 Å². The van der Waals surface area contributed by atoms with Crippen LogP contribution in [0.25, 0.3) is 0 Å². The molecule has 0 radical (unpaired) electrons. The number of sulfonamides is 1. The smallest absolute Gasteiger partial charge is 0.264 e. The molecule has 2 aromatic carbocycles. The molecular weight excluding hydrogens is 432 g/mol. The number of aromatic nitrogens is 3. The van der Waals surface area contributed by atoms with Crippen molar-refractivity contribution < 1.29 is 18.6 Å². The third-order valence-corrected chi connectivity index (χ3v) is 5.26. The Bertz CT molecular complexity index is 1100. The average molecular weight is 451 g/mol. The minimum atomic E-state index is -4.03. The van der Waals surface area contributed by atoms with Gasteiger partial charge in [0.25, 0.3) is 10.0 Å². The number of aliphatic hydroxyl groups is 2. The summed E-state index contributed by atoms with van der Waals surface area (Å²) in [5, 5.41) is 23.9. The maximum absolute atomic E-state index is 12.7. The van der Waals surface area contributed by atoms with Crippen LogP contribution in [0.3, 0.4) is 0 Å². The van der Waals surface area contributed by atoms with Crippen molar-refractivity contribution in [3.63, 3.8) is 0 Å². The monoisotopic (exact) mass is 450 g/mol. The summed E-state index contributed by atoms with van der Waals surface area (Å²) in [5.41, 5.74) is 1.14. The molecule has 1 heterocycles. The van der Waals surface area contributed by atoms with Crippen LogP contribution in [0.2, 0.25) is 5.28 Å². The standard InChI is InChI=1S/C18H19ClN6O4S/c19-16-22-17(21-12-5-2-1-3-6-12)24-18(23-16)25-30(28,29)15-8-4-7-13(9-15)20-10-14(27)11-26/h1-9,14,20,26-27H,10-11H2,(H2,21,22,23,24,25). The van der Waals surface area contributed by atoms with E-state index in [2.05, 4.69) is 30.3 Å². The first-order chi connectivity index (χ1) is 14.4. The Kier molecular flexibility index (Phi) is 7.00. The van der Waals surface area contributed by atoms with Gasteiger partial charge in [0.15, 0.2) is 0 Å². The van der Waals surface area contributed by atoms with E-state index in [-0.39, 0.29) is 28.6 Å². The van der Waals surface area contributed by atoms with E-state index < -0.39 is 22.7 Å². The normalized spacial score (nSPS) is 12.2. The minimum absolute atomic E-state index is 0.0555. The van der Waals surface area contributed by atoms with Gasteiger partial charge in [-0.3, -0.25) is 0 Å². The van der Waals surface area contributed by atoms with Gasteiger partial charge in [-0.05, 0) is 41.9 Å². The quantitative estimate of drug-likeness (QED) is 0.329. The van der Waals surface area contributed by atoms with Crippen molar-refractivity contribution in [1.82, 2.24) is 15.0 Å². The molecule has 5 N–H and O–H groups in total. The van der Waals surface area contributed by atoms with Crippen LogP contribution in [-0.4, -0.2) is 52.8 Å². The van der Waals surface area contributed by atoms with Crippen molar-refractivity contribution in [3.05, 3.63) is 59.9 Å². The topological polar surface area (TPSA) is 149 Å². The largest absolute Gasteiger partial charge is 0.394 e. The molecule has 3 rings (SSSR count). The highest BCUT2D eigenvalue weighted by Crippen LogP contribution is 2.20. The summed E-state index contributed by atoms with van der Waals surface area (Å²) in [6, 6.07) is 15.0. The van der Waals surface area contributed by atoms with Gasteiger partial charge in [0.2, 0.25) is 17.2 Å². The zero-order valence-electron chi connectivity index (χ0n) is 15.5. The summed E-state index contributed by atoms with van der Waals surface area (Å²) in [6.45, 7) is -0.350. The zero-order valence-corrected chi connectivity index (χ0v) is 17.1. The molecule has 0 bridgehead atoms. The number of halogens is 1. The van der Waals surface area contributed by atoms with Gasteiger partial charge in [0, 0.05) is 17.9 Å². The fraction of sp³-hybridized carbons (Fsp3) is 0.167. The second kappa shape index (κ2) is 9.67. The maximum Gasteiger partial charge on any atom is 0.264 e. The molecule has 12 heteroatoms. The van der Waals surface area contributed by atoms with Crippen LogP contribution in [0.4, 0.5) is 23.3 Å². The molecule has 0 saturated carbocycles. The van der Waals surface area contributed by atoms with Gasteiger partial charge in [0.1, 0.15) is 0 Å². The molecule has 1 aromatic heterocycles. The summed E-state index contributed by atoms with van der Waals surface area (Å²) in [5.74, 6) is -0.171. The molecule has 0 saturated heterocycles.